The number of benzene rings is 3. The van der Waals surface area contributed by atoms with Gasteiger partial charge in [-0.2, -0.15) is 0 Å². The number of hydrogen-bond donors (Lipinski definition) is 0. The van der Waals surface area contributed by atoms with Crippen LogP contribution in [0.5, 0.6) is 11.5 Å². The molecule has 0 fully saturated rings. The van der Waals surface area contributed by atoms with E-state index < -0.39 is 11.9 Å². The molecule has 28 heavy (non-hydrogen) atoms. The SMILES string of the molecule is CC(C)(C)c1ccc(C(=O)Oc2ccccc2C(=O)Oc2ccccc2)cc1. The Morgan fingerprint density at radius 2 is 1.29 bits per heavy atom. The summed E-state index contributed by atoms with van der Waals surface area (Å²) in [6.45, 7) is 6.32. The third kappa shape index (κ3) is 4.65. The van der Waals surface area contributed by atoms with Crippen LogP contribution in [-0.2, 0) is 5.41 Å². The second-order valence-corrected chi connectivity index (χ2v) is 7.42. The molecule has 0 radical (unpaired) electrons. The third-order valence-corrected chi connectivity index (χ3v) is 4.25. The van der Waals surface area contributed by atoms with Crippen LogP contribution in [0.25, 0.3) is 0 Å². The minimum absolute atomic E-state index is 0.00374. The van der Waals surface area contributed by atoms with Crippen LogP contribution in [0.3, 0.4) is 0 Å². The highest BCUT2D eigenvalue weighted by Gasteiger charge is 2.19. The van der Waals surface area contributed by atoms with Crippen molar-refractivity contribution >= 4 is 11.9 Å². The highest BCUT2D eigenvalue weighted by molar-refractivity contribution is 5.97. The molecule has 0 atom stereocenters. The average molecular weight is 374 g/mol. The Morgan fingerprint density at radius 1 is 0.679 bits per heavy atom. The highest BCUT2D eigenvalue weighted by atomic mass is 16.5. The molecule has 0 unspecified atom stereocenters. The summed E-state index contributed by atoms with van der Waals surface area (Å²) in [5.74, 6) is -0.530. The number of ether oxygens (including phenoxy) is 2. The molecular weight excluding hydrogens is 352 g/mol. The van der Waals surface area contributed by atoms with E-state index in [0.29, 0.717) is 11.3 Å². The molecular formula is C24H22O4. The van der Waals surface area contributed by atoms with Crippen LogP contribution in [0, 0.1) is 0 Å². The van der Waals surface area contributed by atoms with Crippen LogP contribution in [0.15, 0.2) is 78.9 Å². The van der Waals surface area contributed by atoms with Gasteiger partial charge in [0.1, 0.15) is 17.1 Å². The lowest BCUT2D eigenvalue weighted by molar-refractivity contribution is 0.0707. The van der Waals surface area contributed by atoms with Crippen LogP contribution >= 0.6 is 0 Å². The number of rotatable bonds is 4. The second kappa shape index (κ2) is 8.09. The minimum atomic E-state index is -0.585. The first-order valence-corrected chi connectivity index (χ1v) is 9.03. The van der Waals surface area contributed by atoms with Crippen LogP contribution < -0.4 is 9.47 Å². The lowest BCUT2D eigenvalue weighted by Gasteiger charge is -2.19. The molecule has 0 heterocycles. The lowest BCUT2D eigenvalue weighted by Crippen LogP contribution is -2.15. The van der Waals surface area contributed by atoms with Crippen molar-refractivity contribution in [1.82, 2.24) is 0 Å². The van der Waals surface area contributed by atoms with Gasteiger partial charge in [-0.3, -0.25) is 0 Å². The molecule has 142 valence electrons. The summed E-state index contributed by atoms with van der Waals surface area (Å²) in [7, 11) is 0. The van der Waals surface area contributed by atoms with Crippen molar-refractivity contribution in [3.8, 4) is 11.5 Å². The van der Waals surface area contributed by atoms with E-state index in [9.17, 15) is 9.59 Å². The van der Waals surface area contributed by atoms with Gasteiger partial charge in [0.25, 0.3) is 0 Å². The summed E-state index contributed by atoms with van der Waals surface area (Å²) < 4.78 is 10.8. The predicted octanol–water partition coefficient (Wildman–Crippen LogP) is 5.42. The van der Waals surface area contributed by atoms with Crippen LogP contribution in [0.4, 0.5) is 0 Å². The molecule has 4 nitrogen and oxygen atoms in total. The fourth-order valence-electron chi connectivity index (χ4n) is 2.64. The summed E-state index contributed by atoms with van der Waals surface area (Å²) in [6, 6.07) is 22.6. The fraction of sp³-hybridized carbons (Fsp3) is 0.167. The second-order valence-electron chi connectivity index (χ2n) is 7.42. The summed E-state index contributed by atoms with van der Waals surface area (Å²) in [4.78, 5) is 25.0. The molecule has 3 aromatic carbocycles. The average Bonchev–Trinajstić information content (AvgIpc) is 2.68. The zero-order chi connectivity index (χ0) is 20.1. The van der Waals surface area contributed by atoms with E-state index in [-0.39, 0.29) is 16.7 Å². The van der Waals surface area contributed by atoms with E-state index in [1.807, 2.05) is 18.2 Å². The third-order valence-electron chi connectivity index (χ3n) is 4.25. The molecule has 0 aliphatic rings. The monoisotopic (exact) mass is 374 g/mol. The highest BCUT2D eigenvalue weighted by Crippen LogP contribution is 2.24. The molecule has 0 bridgehead atoms. The first-order chi connectivity index (χ1) is 13.3. The molecule has 0 amide bonds. The standard InChI is InChI=1S/C24H22O4/c1-24(2,3)18-15-13-17(14-16-18)22(25)28-21-12-8-7-11-20(21)23(26)27-19-9-5-4-6-10-19/h4-16H,1-3H3. The van der Waals surface area contributed by atoms with Crippen molar-refractivity contribution in [2.24, 2.45) is 0 Å². The fourth-order valence-corrected chi connectivity index (χ4v) is 2.64. The van der Waals surface area contributed by atoms with Gasteiger partial charge in [0, 0.05) is 0 Å². The Bertz CT molecular complexity index is 967. The number of carbonyl (C=O) groups is 2. The summed E-state index contributed by atoms with van der Waals surface area (Å²) in [5.41, 5.74) is 1.72. The Hall–Kier alpha value is -3.40. The maximum Gasteiger partial charge on any atom is 0.347 e. The molecule has 0 saturated carbocycles. The van der Waals surface area contributed by atoms with Gasteiger partial charge in [0.2, 0.25) is 0 Å². The first kappa shape index (κ1) is 19.4. The Balaban J connectivity index is 1.77. The summed E-state index contributed by atoms with van der Waals surface area (Å²) in [6.07, 6.45) is 0. The van der Waals surface area contributed by atoms with E-state index in [0.717, 1.165) is 5.56 Å². The van der Waals surface area contributed by atoms with Crippen molar-refractivity contribution < 1.29 is 19.1 Å². The van der Waals surface area contributed by atoms with Gasteiger partial charge in [-0.25, -0.2) is 9.59 Å². The zero-order valence-corrected chi connectivity index (χ0v) is 16.1. The van der Waals surface area contributed by atoms with Crippen molar-refractivity contribution in [2.45, 2.75) is 26.2 Å². The molecule has 4 heteroatoms. The van der Waals surface area contributed by atoms with Gasteiger partial charge >= 0.3 is 11.9 Å². The molecule has 0 N–H and O–H groups in total. The van der Waals surface area contributed by atoms with Gasteiger partial charge in [-0.05, 0) is 47.4 Å². The molecule has 0 saturated heterocycles. The topological polar surface area (TPSA) is 52.6 Å². The minimum Gasteiger partial charge on any atom is -0.423 e. The van der Waals surface area contributed by atoms with Gasteiger partial charge in [0.15, 0.2) is 0 Å². The normalized spacial score (nSPS) is 11.0. The van der Waals surface area contributed by atoms with Gasteiger partial charge < -0.3 is 9.47 Å². The molecule has 3 aromatic rings. The Kier molecular flexibility index (Phi) is 5.59. The van der Waals surface area contributed by atoms with Crippen molar-refractivity contribution in [2.75, 3.05) is 0 Å². The van der Waals surface area contributed by atoms with Gasteiger partial charge in [0.05, 0.1) is 5.56 Å². The summed E-state index contributed by atoms with van der Waals surface area (Å²) >= 11 is 0. The lowest BCUT2D eigenvalue weighted by atomic mass is 9.87. The molecule has 3 rings (SSSR count). The maximum atomic E-state index is 12.5. The summed E-state index contributed by atoms with van der Waals surface area (Å²) in [5, 5.41) is 0. The maximum absolute atomic E-state index is 12.5. The van der Waals surface area contributed by atoms with Crippen molar-refractivity contribution in [3.63, 3.8) is 0 Å². The molecule has 0 aromatic heterocycles. The van der Waals surface area contributed by atoms with Crippen molar-refractivity contribution in [3.05, 3.63) is 95.6 Å². The molecule has 0 aliphatic heterocycles. The predicted molar refractivity (Wildman–Crippen MR) is 108 cm³/mol. The van der Waals surface area contributed by atoms with Crippen LogP contribution in [-0.4, -0.2) is 11.9 Å². The van der Waals surface area contributed by atoms with E-state index in [4.69, 9.17) is 9.47 Å². The van der Waals surface area contributed by atoms with E-state index >= 15 is 0 Å². The van der Waals surface area contributed by atoms with E-state index in [1.54, 1.807) is 60.7 Å². The van der Waals surface area contributed by atoms with Gasteiger partial charge in [-0.15, -0.1) is 0 Å². The van der Waals surface area contributed by atoms with Crippen molar-refractivity contribution in [1.29, 1.82) is 0 Å². The molecule has 0 spiro atoms. The smallest absolute Gasteiger partial charge is 0.347 e. The van der Waals surface area contributed by atoms with E-state index in [2.05, 4.69) is 20.8 Å². The number of esters is 2. The first-order valence-electron chi connectivity index (χ1n) is 9.03. The number of hydrogen-bond acceptors (Lipinski definition) is 4. The van der Waals surface area contributed by atoms with Gasteiger partial charge in [-0.1, -0.05) is 63.2 Å². The Labute approximate surface area is 164 Å². The zero-order valence-electron chi connectivity index (χ0n) is 16.1. The number of carbonyl (C=O) groups excluding carboxylic acids is 2. The quantitative estimate of drug-likeness (QED) is 0.452. The Morgan fingerprint density at radius 3 is 1.93 bits per heavy atom. The van der Waals surface area contributed by atoms with Crippen LogP contribution in [0.1, 0.15) is 47.1 Å². The largest absolute Gasteiger partial charge is 0.423 e. The number of para-hydroxylation sites is 2. The molecule has 0 aliphatic carbocycles. The van der Waals surface area contributed by atoms with E-state index in [1.165, 1.54) is 0 Å². The van der Waals surface area contributed by atoms with Crippen LogP contribution in [0.2, 0.25) is 0 Å².